The lowest BCUT2D eigenvalue weighted by molar-refractivity contribution is -0.145. The summed E-state index contributed by atoms with van der Waals surface area (Å²) in [6, 6.07) is 7.37. The van der Waals surface area contributed by atoms with Gasteiger partial charge in [0.05, 0.1) is 12.5 Å². The summed E-state index contributed by atoms with van der Waals surface area (Å²) in [5, 5.41) is 9.60. The maximum atomic E-state index is 12.5. The molecule has 6 nitrogen and oxygen atoms in total. The van der Waals surface area contributed by atoms with Crippen LogP contribution >= 0.6 is 11.8 Å². The van der Waals surface area contributed by atoms with Crippen molar-refractivity contribution in [3.8, 4) is 0 Å². The highest BCUT2D eigenvalue weighted by atomic mass is 32.2. The van der Waals surface area contributed by atoms with Crippen LogP contribution in [0.3, 0.4) is 0 Å². The third-order valence-electron chi connectivity index (χ3n) is 4.32. The highest BCUT2D eigenvalue weighted by Crippen LogP contribution is 2.23. The number of likely N-dealkylation sites (tertiary alicyclic amines) is 1. The lowest BCUT2D eigenvalue weighted by atomic mass is 9.98. The second-order valence-corrected chi connectivity index (χ2v) is 8.52. The van der Waals surface area contributed by atoms with Crippen LogP contribution < -0.4 is 0 Å². The molecule has 1 unspecified atom stereocenters. The van der Waals surface area contributed by atoms with Gasteiger partial charge < -0.3 is 14.9 Å². The normalized spacial score (nSPS) is 17.2. The number of benzene rings is 1. The Hall–Kier alpha value is -2.02. The van der Waals surface area contributed by atoms with Gasteiger partial charge in [0.1, 0.15) is 0 Å². The first kappa shape index (κ1) is 20.3. The highest BCUT2D eigenvalue weighted by Gasteiger charge is 2.29. The number of carbonyl (C=O) groups excluding carboxylic acids is 2. The number of carboxylic acid groups (broad SMARTS) is 1. The van der Waals surface area contributed by atoms with Gasteiger partial charge in [-0.25, -0.2) is 0 Å². The van der Waals surface area contributed by atoms with Gasteiger partial charge in [0.25, 0.3) is 5.91 Å². The smallest absolute Gasteiger partial charge is 0.308 e. The molecule has 1 N–H and O–H groups in total. The van der Waals surface area contributed by atoms with Crippen LogP contribution in [0.2, 0.25) is 0 Å². The second kappa shape index (κ2) is 9.07. The fourth-order valence-electron chi connectivity index (χ4n) is 2.95. The summed E-state index contributed by atoms with van der Waals surface area (Å²) in [7, 11) is 1.59. The van der Waals surface area contributed by atoms with Crippen LogP contribution in [-0.2, 0) is 9.59 Å². The molecule has 2 rings (SSSR count). The Kier molecular flexibility index (Phi) is 7.08. The number of rotatable bonds is 6. The van der Waals surface area contributed by atoms with Gasteiger partial charge in [-0.1, -0.05) is 13.8 Å². The third-order valence-corrected chi connectivity index (χ3v) is 5.33. The fourth-order valence-corrected chi connectivity index (χ4v) is 3.79. The largest absolute Gasteiger partial charge is 0.481 e. The summed E-state index contributed by atoms with van der Waals surface area (Å²) in [5.74, 6) is -1.81. The molecule has 1 aromatic rings. The Balaban J connectivity index is 1.93. The molecule has 1 aliphatic heterocycles. The Morgan fingerprint density at radius 2 is 1.92 bits per heavy atom. The number of nitrogens with zero attached hydrogens (tertiary/aromatic N) is 2. The van der Waals surface area contributed by atoms with Crippen LogP contribution in [0.15, 0.2) is 29.2 Å². The van der Waals surface area contributed by atoms with Crippen molar-refractivity contribution in [3.63, 3.8) is 0 Å². The molecular formula is C19H26N2O4S. The zero-order chi connectivity index (χ0) is 19.3. The van der Waals surface area contributed by atoms with Gasteiger partial charge in [-0.3, -0.25) is 14.4 Å². The first-order valence-electron chi connectivity index (χ1n) is 8.80. The molecule has 0 bridgehead atoms. The van der Waals surface area contributed by atoms with Crippen LogP contribution in [0, 0.1) is 5.92 Å². The zero-order valence-electron chi connectivity index (χ0n) is 15.5. The van der Waals surface area contributed by atoms with Gasteiger partial charge in [-0.15, -0.1) is 11.8 Å². The van der Waals surface area contributed by atoms with E-state index in [9.17, 15) is 14.4 Å². The van der Waals surface area contributed by atoms with Crippen LogP contribution in [0.1, 0.15) is 37.0 Å². The van der Waals surface area contributed by atoms with Crippen LogP contribution in [0.5, 0.6) is 0 Å². The molecule has 0 spiro atoms. The lowest BCUT2D eigenvalue weighted by Crippen LogP contribution is -2.46. The third kappa shape index (κ3) is 5.49. The molecule has 1 aliphatic rings. The molecule has 142 valence electrons. The van der Waals surface area contributed by atoms with E-state index in [4.69, 9.17) is 5.11 Å². The van der Waals surface area contributed by atoms with Crippen LogP contribution in [-0.4, -0.2) is 64.6 Å². The molecular weight excluding hydrogens is 352 g/mol. The van der Waals surface area contributed by atoms with Crippen molar-refractivity contribution in [1.82, 2.24) is 9.80 Å². The standard InChI is InChI=1S/C19H26N2O4S/c1-13(2)26-16-8-6-14(7-9-16)18(23)20(3)12-17(22)21-10-4-5-15(11-21)19(24)25/h6-9,13,15H,4-5,10-12H2,1-3H3,(H,24,25). The predicted octanol–water partition coefficient (Wildman–Crippen LogP) is 2.58. The minimum atomic E-state index is -0.869. The first-order valence-corrected chi connectivity index (χ1v) is 9.68. The van der Waals surface area contributed by atoms with Gasteiger partial charge in [0.2, 0.25) is 5.91 Å². The lowest BCUT2D eigenvalue weighted by Gasteiger charge is -2.32. The van der Waals surface area contributed by atoms with Gasteiger partial charge in [-0.05, 0) is 37.1 Å². The molecule has 0 aliphatic carbocycles. The number of hydrogen-bond donors (Lipinski definition) is 1. The van der Waals surface area contributed by atoms with E-state index in [0.29, 0.717) is 30.2 Å². The van der Waals surface area contributed by atoms with Gasteiger partial charge in [0, 0.05) is 35.8 Å². The van der Waals surface area contributed by atoms with Gasteiger partial charge in [0.15, 0.2) is 0 Å². The quantitative estimate of drug-likeness (QED) is 0.770. The van der Waals surface area contributed by atoms with E-state index < -0.39 is 11.9 Å². The minimum Gasteiger partial charge on any atom is -0.481 e. The Labute approximate surface area is 158 Å². The number of likely N-dealkylation sites (N-methyl/N-ethyl adjacent to an activating group) is 1. The molecule has 1 fully saturated rings. The predicted molar refractivity (Wildman–Crippen MR) is 101 cm³/mol. The van der Waals surface area contributed by atoms with Crippen molar-refractivity contribution in [2.24, 2.45) is 5.92 Å². The number of carbonyl (C=O) groups is 3. The zero-order valence-corrected chi connectivity index (χ0v) is 16.3. The maximum Gasteiger partial charge on any atom is 0.308 e. The molecule has 7 heteroatoms. The van der Waals surface area contributed by atoms with Gasteiger partial charge >= 0.3 is 5.97 Å². The Morgan fingerprint density at radius 1 is 1.27 bits per heavy atom. The average molecular weight is 378 g/mol. The van der Waals surface area contributed by atoms with E-state index in [1.165, 1.54) is 4.90 Å². The number of aliphatic carboxylic acids is 1. The number of thioether (sulfide) groups is 1. The molecule has 1 aromatic carbocycles. The SMILES string of the molecule is CC(C)Sc1ccc(C(=O)N(C)CC(=O)N2CCCC(C(=O)O)C2)cc1. The molecule has 0 aromatic heterocycles. The van der Waals surface area contributed by atoms with Crippen molar-refractivity contribution in [3.05, 3.63) is 29.8 Å². The number of piperidine rings is 1. The van der Waals surface area contributed by atoms with Crippen molar-refractivity contribution in [1.29, 1.82) is 0 Å². The Bertz CT molecular complexity index is 660. The molecule has 1 atom stereocenters. The van der Waals surface area contributed by atoms with Crippen molar-refractivity contribution in [2.75, 3.05) is 26.7 Å². The summed E-state index contributed by atoms with van der Waals surface area (Å²) in [6.45, 7) is 4.94. The topological polar surface area (TPSA) is 77.9 Å². The van der Waals surface area contributed by atoms with E-state index in [0.717, 1.165) is 4.90 Å². The fraction of sp³-hybridized carbons (Fsp3) is 0.526. The Morgan fingerprint density at radius 3 is 2.50 bits per heavy atom. The monoisotopic (exact) mass is 378 g/mol. The molecule has 1 heterocycles. The highest BCUT2D eigenvalue weighted by molar-refractivity contribution is 7.99. The molecule has 0 radical (unpaired) electrons. The molecule has 26 heavy (non-hydrogen) atoms. The summed E-state index contributed by atoms with van der Waals surface area (Å²) in [5.41, 5.74) is 0.537. The molecule has 1 saturated heterocycles. The summed E-state index contributed by atoms with van der Waals surface area (Å²) in [4.78, 5) is 40.1. The van der Waals surface area contributed by atoms with E-state index in [-0.39, 0.29) is 24.9 Å². The molecule has 2 amide bonds. The van der Waals surface area contributed by atoms with E-state index in [1.54, 1.807) is 35.8 Å². The summed E-state index contributed by atoms with van der Waals surface area (Å²) < 4.78 is 0. The minimum absolute atomic E-state index is 0.0479. The number of amides is 2. The first-order chi connectivity index (χ1) is 12.3. The summed E-state index contributed by atoms with van der Waals surface area (Å²) >= 11 is 1.73. The number of hydrogen-bond acceptors (Lipinski definition) is 4. The molecule has 0 saturated carbocycles. The van der Waals surface area contributed by atoms with Crippen molar-refractivity contribution >= 4 is 29.5 Å². The van der Waals surface area contributed by atoms with Crippen molar-refractivity contribution in [2.45, 2.75) is 36.8 Å². The maximum absolute atomic E-state index is 12.5. The van der Waals surface area contributed by atoms with Crippen molar-refractivity contribution < 1.29 is 19.5 Å². The van der Waals surface area contributed by atoms with E-state index in [2.05, 4.69) is 13.8 Å². The summed E-state index contributed by atoms with van der Waals surface area (Å²) in [6.07, 6.45) is 1.27. The van der Waals surface area contributed by atoms with E-state index in [1.807, 2.05) is 12.1 Å². The second-order valence-electron chi connectivity index (χ2n) is 6.87. The average Bonchev–Trinajstić information content (AvgIpc) is 2.61. The number of carboxylic acids is 1. The van der Waals surface area contributed by atoms with Crippen LogP contribution in [0.4, 0.5) is 0 Å². The van der Waals surface area contributed by atoms with Crippen LogP contribution in [0.25, 0.3) is 0 Å². The van der Waals surface area contributed by atoms with Gasteiger partial charge in [-0.2, -0.15) is 0 Å². The van der Waals surface area contributed by atoms with E-state index >= 15 is 0 Å².